The number of rotatable bonds is 18. The van der Waals surface area contributed by atoms with Gasteiger partial charge in [0.1, 0.15) is 11.5 Å². The van der Waals surface area contributed by atoms with Gasteiger partial charge in [0.2, 0.25) is 10.2 Å². The van der Waals surface area contributed by atoms with Crippen LogP contribution in [-0.2, 0) is 47.6 Å². The largest absolute Gasteiger partial charge is 0.530 e. The minimum Gasteiger partial charge on any atom is -0.404 e. The van der Waals surface area contributed by atoms with Crippen molar-refractivity contribution in [1.82, 2.24) is 0 Å². The van der Waals surface area contributed by atoms with Gasteiger partial charge in [-0.15, -0.1) is 0 Å². The summed E-state index contributed by atoms with van der Waals surface area (Å²) in [5, 5.41) is -0.415. The molecule has 0 fully saturated rings. The van der Waals surface area contributed by atoms with Crippen LogP contribution in [0.15, 0.2) is 36.4 Å². The van der Waals surface area contributed by atoms with Gasteiger partial charge >= 0.3 is 15.6 Å². The number of carbonyl (C=O) groups excluding carboxylic acids is 2. The van der Waals surface area contributed by atoms with E-state index in [2.05, 4.69) is 0 Å². The molecule has 0 N–H and O–H groups in total. The molecule has 14 heteroatoms. The fourth-order valence-electron chi connectivity index (χ4n) is 5.08. The minimum atomic E-state index is -3.88. The van der Waals surface area contributed by atoms with E-state index in [1.54, 1.807) is 58.0 Å². The Hall–Kier alpha value is -1.62. The third kappa shape index (κ3) is 11.8. The van der Waals surface area contributed by atoms with Crippen LogP contribution in [0.1, 0.15) is 90.5 Å². The van der Waals surface area contributed by atoms with Crippen molar-refractivity contribution in [3.8, 4) is 11.5 Å². The highest BCUT2D eigenvalue weighted by molar-refractivity contribution is 8.87. The van der Waals surface area contributed by atoms with E-state index < -0.39 is 26.5 Å². The summed E-state index contributed by atoms with van der Waals surface area (Å²) in [6, 6.07) is 10.7. The lowest BCUT2D eigenvalue weighted by atomic mass is 9.78. The third-order valence-corrected chi connectivity index (χ3v) is 12.0. The summed E-state index contributed by atoms with van der Waals surface area (Å²) >= 11 is 0. The van der Waals surface area contributed by atoms with Crippen LogP contribution in [0.3, 0.4) is 0 Å². The van der Waals surface area contributed by atoms with Crippen LogP contribution < -0.4 is 9.05 Å². The van der Waals surface area contributed by atoms with Crippen LogP contribution in [0.5, 0.6) is 11.5 Å². The normalized spacial score (nSPS) is 12.7. The number of hydrogen-bond donors (Lipinski definition) is 0. The topological polar surface area (TPSA) is 124 Å². The van der Waals surface area contributed by atoms with Crippen molar-refractivity contribution in [3.63, 3.8) is 0 Å². The van der Waals surface area contributed by atoms with Gasteiger partial charge in [0.25, 0.3) is 0 Å². The van der Waals surface area contributed by atoms with Crippen molar-refractivity contribution in [1.29, 1.82) is 0 Å². The molecule has 0 unspecified atom stereocenters. The molecule has 0 amide bonds. The molecule has 46 heavy (non-hydrogen) atoms. The number of carbonyl (C=O) groups is 2. The molecular weight excluding hydrogens is 670 g/mol. The smallest absolute Gasteiger partial charge is 0.404 e. The number of hydrogen-bond acceptors (Lipinski definition) is 12. The molecular formula is C32H48O10P2S2. The highest BCUT2D eigenvalue weighted by Gasteiger charge is 2.36. The first-order valence-corrected chi connectivity index (χ1v) is 20.3. The first-order chi connectivity index (χ1) is 21.4. The Morgan fingerprint density at radius 3 is 1.59 bits per heavy atom. The van der Waals surface area contributed by atoms with Crippen molar-refractivity contribution in [2.24, 2.45) is 0 Å². The third-order valence-electron chi connectivity index (χ3n) is 6.71. The molecule has 2 aromatic carbocycles. The lowest BCUT2D eigenvalue weighted by molar-refractivity contribution is -0.113. The van der Waals surface area contributed by atoms with E-state index in [9.17, 15) is 18.7 Å². The van der Waals surface area contributed by atoms with Crippen molar-refractivity contribution in [2.75, 3.05) is 26.4 Å². The molecule has 0 aliphatic carbocycles. The number of benzene rings is 2. The predicted molar refractivity (Wildman–Crippen MR) is 186 cm³/mol. The van der Waals surface area contributed by atoms with Crippen molar-refractivity contribution < 1.29 is 45.9 Å². The summed E-state index contributed by atoms with van der Waals surface area (Å²) in [4.78, 5) is 26.4. The van der Waals surface area contributed by atoms with E-state index in [1.807, 2.05) is 47.6 Å². The Bertz CT molecular complexity index is 1420. The van der Waals surface area contributed by atoms with E-state index in [0.717, 1.165) is 32.7 Å². The fourth-order valence-corrected chi connectivity index (χ4v) is 9.43. The molecule has 2 aromatic rings. The second-order valence-corrected chi connectivity index (χ2v) is 17.2. The van der Waals surface area contributed by atoms with Gasteiger partial charge in [-0.05, 0) is 86.4 Å². The van der Waals surface area contributed by atoms with E-state index in [1.165, 1.54) is 0 Å². The van der Waals surface area contributed by atoms with Gasteiger partial charge in [-0.3, -0.25) is 27.7 Å². The van der Waals surface area contributed by atoms with Crippen LogP contribution in [0.2, 0.25) is 0 Å². The Labute approximate surface area is 282 Å². The Kier molecular flexibility index (Phi) is 15.6. The lowest BCUT2D eigenvalue weighted by Crippen LogP contribution is -2.23. The zero-order valence-corrected chi connectivity index (χ0v) is 31.9. The van der Waals surface area contributed by atoms with Crippen molar-refractivity contribution in [3.05, 3.63) is 58.7 Å². The quantitative estimate of drug-likeness (QED) is 0.108. The Morgan fingerprint density at radius 1 is 0.674 bits per heavy atom. The molecule has 0 atom stereocenters. The SMILES string of the molecule is CCOP(=O)(OCC)Oc1ccccc1C(C)(C)CC(=O)SSC(=O)CC(C)(C)c1c(C)cc(C)cc1OP(=O)(OCC)OCC. The van der Waals surface area contributed by atoms with Gasteiger partial charge in [0.15, 0.2) is 0 Å². The summed E-state index contributed by atoms with van der Waals surface area (Å²) in [6.45, 7) is 18.7. The van der Waals surface area contributed by atoms with Crippen LogP contribution in [0.4, 0.5) is 0 Å². The molecule has 258 valence electrons. The zero-order chi connectivity index (χ0) is 34.8. The molecule has 0 saturated heterocycles. The summed E-state index contributed by atoms with van der Waals surface area (Å²) in [7, 11) is -5.97. The molecule has 2 rings (SSSR count). The van der Waals surface area contributed by atoms with Crippen molar-refractivity contribution in [2.45, 2.75) is 92.9 Å². The van der Waals surface area contributed by atoms with Crippen molar-refractivity contribution >= 4 is 47.5 Å². The van der Waals surface area contributed by atoms with Crippen LogP contribution in [-0.4, -0.2) is 36.7 Å². The van der Waals surface area contributed by atoms with Gasteiger partial charge in [0, 0.05) is 34.8 Å². The number of phosphoric ester groups is 2. The maximum atomic E-state index is 13.3. The zero-order valence-electron chi connectivity index (χ0n) is 28.5. The van der Waals surface area contributed by atoms with E-state index in [0.29, 0.717) is 22.6 Å². The molecule has 0 saturated carbocycles. The molecule has 0 aliphatic rings. The summed E-state index contributed by atoms with van der Waals surface area (Å²) in [6.07, 6.45) is 0.157. The van der Waals surface area contributed by atoms with Gasteiger partial charge in [-0.1, -0.05) is 52.0 Å². The average Bonchev–Trinajstić information content (AvgIpc) is 2.91. The average molecular weight is 719 g/mol. The minimum absolute atomic E-state index is 0.0779. The molecule has 10 nitrogen and oxygen atoms in total. The highest BCUT2D eigenvalue weighted by Crippen LogP contribution is 2.53. The predicted octanol–water partition coefficient (Wildman–Crippen LogP) is 9.89. The lowest BCUT2D eigenvalue weighted by Gasteiger charge is -2.30. The monoisotopic (exact) mass is 718 g/mol. The van der Waals surface area contributed by atoms with Crippen LogP contribution in [0.25, 0.3) is 0 Å². The standard InChI is InChI=1S/C32H48O10P2S2/c1-11-37-43(35,38-12-2)41-26-18-16-15-17-25(26)31(7,8)21-28(33)45-46-29(34)22-32(9,10)30-24(6)19-23(5)20-27(30)42-44(36,39-13-3)40-14-4/h15-20H,11-14,21-22H2,1-10H3. The maximum Gasteiger partial charge on any atom is 0.530 e. The first-order valence-electron chi connectivity index (χ1n) is 15.2. The molecule has 0 bridgehead atoms. The van der Waals surface area contributed by atoms with Crippen LogP contribution in [0, 0.1) is 13.8 Å². The Balaban J connectivity index is 2.18. The maximum absolute atomic E-state index is 13.3. The number of para-hydroxylation sites is 1. The second kappa shape index (κ2) is 17.7. The van der Waals surface area contributed by atoms with Gasteiger partial charge in [-0.25, -0.2) is 9.13 Å². The second-order valence-electron chi connectivity index (χ2n) is 11.7. The summed E-state index contributed by atoms with van der Waals surface area (Å²) < 4.78 is 59.2. The molecule has 0 heterocycles. The highest BCUT2D eigenvalue weighted by atomic mass is 33.1. The molecule has 0 spiro atoms. The number of aryl methyl sites for hydroxylation is 2. The van der Waals surface area contributed by atoms with Gasteiger partial charge < -0.3 is 9.05 Å². The number of phosphoric acid groups is 2. The molecule has 0 aliphatic heterocycles. The van der Waals surface area contributed by atoms with Crippen LogP contribution >= 0.6 is 37.2 Å². The van der Waals surface area contributed by atoms with Gasteiger partial charge in [-0.2, -0.15) is 0 Å². The van der Waals surface area contributed by atoms with E-state index >= 15 is 0 Å². The van der Waals surface area contributed by atoms with E-state index in [4.69, 9.17) is 27.1 Å². The molecule has 0 aromatic heterocycles. The molecule has 0 radical (unpaired) electrons. The summed E-state index contributed by atoms with van der Waals surface area (Å²) in [5.74, 6) is 0.626. The van der Waals surface area contributed by atoms with Gasteiger partial charge in [0.05, 0.1) is 26.4 Å². The fraction of sp³-hybridized carbons (Fsp3) is 0.562. The Morgan fingerprint density at radius 2 is 1.11 bits per heavy atom. The van der Waals surface area contributed by atoms with E-state index in [-0.39, 0.29) is 49.5 Å². The summed E-state index contributed by atoms with van der Waals surface area (Å²) in [5.41, 5.74) is 1.64. The first kappa shape index (κ1) is 40.6.